The van der Waals surface area contributed by atoms with E-state index in [4.69, 9.17) is 0 Å². The molecular formula is C13H15NO3S2. The second kappa shape index (κ2) is 5.40. The van der Waals surface area contributed by atoms with Gasteiger partial charge >= 0.3 is 0 Å². The molecule has 4 nitrogen and oxygen atoms in total. The van der Waals surface area contributed by atoms with Crippen LogP contribution in [0.3, 0.4) is 0 Å². The van der Waals surface area contributed by atoms with Gasteiger partial charge in [-0.2, -0.15) is 0 Å². The van der Waals surface area contributed by atoms with E-state index in [1.54, 1.807) is 12.1 Å². The monoisotopic (exact) mass is 297 g/mol. The lowest BCUT2D eigenvalue weighted by atomic mass is 10.1. The third kappa shape index (κ3) is 3.62. The molecular weight excluding hydrogens is 282 g/mol. The van der Waals surface area contributed by atoms with E-state index in [0.29, 0.717) is 12.0 Å². The highest BCUT2D eigenvalue weighted by Crippen LogP contribution is 2.22. The van der Waals surface area contributed by atoms with Crippen LogP contribution in [0.4, 0.5) is 0 Å². The van der Waals surface area contributed by atoms with Crippen molar-refractivity contribution in [2.24, 2.45) is 0 Å². The van der Waals surface area contributed by atoms with Crippen LogP contribution >= 0.6 is 11.3 Å². The molecule has 19 heavy (non-hydrogen) atoms. The zero-order valence-electron chi connectivity index (χ0n) is 10.7. The Hall–Kier alpha value is -1.24. The number of hydrogen-bond acceptors (Lipinski definition) is 5. The minimum atomic E-state index is -3.25. The molecule has 1 aromatic carbocycles. The first-order chi connectivity index (χ1) is 8.86. The van der Waals surface area contributed by atoms with E-state index in [0.717, 1.165) is 17.0 Å². The standard InChI is InChI=1S/C13H15NO3S2/c1-9-8-18-13(14-9)7-12(15)10-4-3-5-11(6-10)19(2,16)17/h3-6,8,12,15H,7H2,1-2H3. The normalized spacial score (nSPS) is 13.4. The van der Waals surface area contributed by atoms with Gasteiger partial charge in [0.15, 0.2) is 9.84 Å². The molecule has 0 fully saturated rings. The Morgan fingerprint density at radius 3 is 2.74 bits per heavy atom. The maximum Gasteiger partial charge on any atom is 0.175 e. The molecule has 1 unspecified atom stereocenters. The van der Waals surface area contributed by atoms with E-state index < -0.39 is 15.9 Å². The average molecular weight is 297 g/mol. The molecule has 1 N–H and O–H groups in total. The van der Waals surface area contributed by atoms with Gasteiger partial charge in [0.05, 0.1) is 16.0 Å². The Kier molecular flexibility index (Phi) is 4.03. The van der Waals surface area contributed by atoms with Gasteiger partial charge in [0.2, 0.25) is 0 Å². The van der Waals surface area contributed by atoms with E-state index in [1.807, 2.05) is 12.3 Å². The highest BCUT2D eigenvalue weighted by molar-refractivity contribution is 7.90. The van der Waals surface area contributed by atoms with Crippen LogP contribution in [0.2, 0.25) is 0 Å². The van der Waals surface area contributed by atoms with Gasteiger partial charge in [-0.25, -0.2) is 13.4 Å². The van der Waals surface area contributed by atoms with Crippen LogP contribution in [0.15, 0.2) is 34.5 Å². The lowest BCUT2D eigenvalue weighted by Crippen LogP contribution is -2.04. The summed E-state index contributed by atoms with van der Waals surface area (Å²) in [6.07, 6.45) is 0.807. The topological polar surface area (TPSA) is 67.3 Å². The predicted octanol–water partition coefficient (Wildman–Crippen LogP) is 2.13. The summed E-state index contributed by atoms with van der Waals surface area (Å²) < 4.78 is 23.0. The molecule has 2 rings (SSSR count). The zero-order valence-corrected chi connectivity index (χ0v) is 12.3. The number of aromatic nitrogens is 1. The van der Waals surface area contributed by atoms with Crippen LogP contribution < -0.4 is 0 Å². The molecule has 6 heteroatoms. The van der Waals surface area contributed by atoms with E-state index in [9.17, 15) is 13.5 Å². The predicted molar refractivity (Wildman–Crippen MR) is 75.1 cm³/mol. The smallest absolute Gasteiger partial charge is 0.175 e. The molecule has 0 aliphatic carbocycles. The lowest BCUT2D eigenvalue weighted by Gasteiger charge is -2.10. The summed E-state index contributed by atoms with van der Waals surface area (Å²) in [6.45, 7) is 1.90. The molecule has 0 radical (unpaired) electrons. The Bertz CT molecular complexity index is 677. The van der Waals surface area contributed by atoms with Crippen molar-refractivity contribution < 1.29 is 13.5 Å². The molecule has 1 atom stereocenters. The van der Waals surface area contributed by atoms with Gasteiger partial charge in [0.1, 0.15) is 0 Å². The summed E-state index contributed by atoms with van der Waals surface area (Å²) in [5.41, 5.74) is 1.52. The molecule has 102 valence electrons. The number of sulfone groups is 1. The third-order valence-electron chi connectivity index (χ3n) is 2.71. The summed E-state index contributed by atoms with van der Waals surface area (Å²) in [5.74, 6) is 0. The fourth-order valence-electron chi connectivity index (χ4n) is 1.73. The first-order valence-corrected chi connectivity index (χ1v) is 8.52. The largest absolute Gasteiger partial charge is 0.388 e. The number of aliphatic hydroxyl groups is 1. The number of nitrogens with zero attached hydrogens (tertiary/aromatic N) is 1. The number of rotatable bonds is 4. The summed E-state index contributed by atoms with van der Waals surface area (Å²) in [6, 6.07) is 6.40. The Morgan fingerprint density at radius 1 is 1.42 bits per heavy atom. The van der Waals surface area contributed by atoms with E-state index in [-0.39, 0.29) is 4.90 Å². The zero-order chi connectivity index (χ0) is 14.0. The van der Waals surface area contributed by atoms with Crippen molar-refractivity contribution in [3.63, 3.8) is 0 Å². The molecule has 0 aliphatic heterocycles. The maximum atomic E-state index is 11.5. The lowest BCUT2D eigenvalue weighted by molar-refractivity contribution is 0.178. The molecule has 0 bridgehead atoms. The van der Waals surface area contributed by atoms with Crippen molar-refractivity contribution in [2.45, 2.75) is 24.3 Å². The summed E-state index contributed by atoms with van der Waals surface area (Å²) in [7, 11) is -3.25. The molecule has 2 aromatic rings. The van der Waals surface area contributed by atoms with E-state index in [1.165, 1.54) is 23.5 Å². The number of hydrogen-bond donors (Lipinski definition) is 1. The van der Waals surface area contributed by atoms with Crippen molar-refractivity contribution in [3.8, 4) is 0 Å². The molecule has 1 heterocycles. The third-order valence-corrected chi connectivity index (χ3v) is 4.80. The molecule has 0 saturated carbocycles. The van der Waals surface area contributed by atoms with Crippen molar-refractivity contribution in [2.75, 3.05) is 6.26 Å². The van der Waals surface area contributed by atoms with Crippen molar-refractivity contribution >= 4 is 21.2 Å². The van der Waals surface area contributed by atoms with E-state index in [2.05, 4.69) is 4.98 Å². The van der Waals surface area contributed by atoms with Crippen LogP contribution in [-0.2, 0) is 16.3 Å². The first-order valence-electron chi connectivity index (χ1n) is 5.75. The summed E-state index contributed by atoms with van der Waals surface area (Å²) >= 11 is 1.49. The summed E-state index contributed by atoms with van der Waals surface area (Å²) in [4.78, 5) is 4.51. The molecule has 0 aliphatic rings. The summed E-state index contributed by atoms with van der Waals surface area (Å²) in [5, 5.41) is 12.9. The van der Waals surface area contributed by atoms with Crippen LogP contribution in [-0.4, -0.2) is 24.8 Å². The number of thiazole rings is 1. The minimum absolute atomic E-state index is 0.222. The highest BCUT2D eigenvalue weighted by Gasteiger charge is 2.14. The van der Waals surface area contributed by atoms with Crippen molar-refractivity contribution in [1.29, 1.82) is 0 Å². The number of benzene rings is 1. The van der Waals surface area contributed by atoms with Gasteiger partial charge < -0.3 is 5.11 Å². The van der Waals surface area contributed by atoms with Crippen LogP contribution in [0, 0.1) is 6.92 Å². The Balaban J connectivity index is 2.22. The quantitative estimate of drug-likeness (QED) is 0.939. The minimum Gasteiger partial charge on any atom is -0.388 e. The molecule has 0 spiro atoms. The van der Waals surface area contributed by atoms with Crippen LogP contribution in [0.1, 0.15) is 22.4 Å². The van der Waals surface area contributed by atoms with Crippen molar-refractivity contribution in [1.82, 2.24) is 4.98 Å². The van der Waals surface area contributed by atoms with Gasteiger partial charge in [-0.05, 0) is 24.6 Å². The number of aryl methyl sites for hydroxylation is 1. The van der Waals surface area contributed by atoms with Crippen LogP contribution in [0.25, 0.3) is 0 Å². The second-order valence-corrected chi connectivity index (χ2v) is 7.41. The average Bonchev–Trinajstić information content (AvgIpc) is 2.74. The molecule has 1 aromatic heterocycles. The SMILES string of the molecule is Cc1csc(CC(O)c2cccc(S(C)(=O)=O)c2)n1. The fraction of sp³-hybridized carbons (Fsp3) is 0.308. The first kappa shape index (κ1) is 14.2. The highest BCUT2D eigenvalue weighted by atomic mass is 32.2. The molecule has 0 saturated heterocycles. The van der Waals surface area contributed by atoms with Crippen LogP contribution in [0.5, 0.6) is 0 Å². The van der Waals surface area contributed by atoms with E-state index >= 15 is 0 Å². The fourth-order valence-corrected chi connectivity index (χ4v) is 3.22. The van der Waals surface area contributed by atoms with Gasteiger partial charge in [-0.15, -0.1) is 11.3 Å². The maximum absolute atomic E-state index is 11.5. The number of aliphatic hydroxyl groups excluding tert-OH is 1. The van der Waals surface area contributed by atoms with Gasteiger partial charge in [0.25, 0.3) is 0 Å². The van der Waals surface area contributed by atoms with Gasteiger partial charge in [0, 0.05) is 23.8 Å². The van der Waals surface area contributed by atoms with Gasteiger partial charge in [-0.3, -0.25) is 0 Å². The Morgan fingerprint density at radius 2 is 2.16 bits per heavy atom. The van der Waals surface area contributed by atoms with Crippen molar-refractivity contribution in [3.05, 3.63) is 45.9 Å². The second-order valence-electron chi connectivity index (χ2n) is 4.45. The van der Waals surface area contributed by atoms with Gasteiger partial charge in [-0.1, -0.05) is 12.1 Å². The molecule has 0 amide bonds. The Labute approximate surface area is 116 Å².